The van der Waals surface area contributed by atoms with Crippen LogP contribution in [0.1, 0.15) is 0 Å². The summed E-state index contributed by atoms with van der Waals surface area (Å²) < 4.78 is 7.91. The molecule has 0 unspecified atom stereocenters. The van der Waals surface area contributed by atoms with Crippen molar-refractivity contribution < 1.29 is 4.74 Å². The van der Waals surface area contributed by atoms with Crippen molar-refractivity contribution in [3.63, 3.8) is 0 Å². The fraction of sp³-hybridized carbons (Fsp3) is 0.500. The number of ether oxygens (including phenoxy) is 1. The summed E-state index contributed by atoms with van der Waals surface area (Å²) in [5, 5.41) is 8.09. The molecule has 3 rings (SSSR count). The van der Waals surface area contributed by atoms with Crippen LogP contribution in [0.2, 0.25) is 5.15 Å². The van der Waals surface area contributed by atoms with Crippen LogP contribution in [0.3, 0.4) is 0 Å². The van der Waals surface area contributed by atoms with Gasteiger partial charge in [-0.2, -0.15) is 9.61 Å². The number of morpholine rings is 1. The predicted octanol–water partition coefficient (Wildman–Crippen LogP) is 1.89. The van der Waals surface area contributed by atoms with Gasteiger partial charge < -0.3 is 10.1 Å². The first-order chi connectivity index (χ1) is 9.74. The van der Waals surface area contributed by atoms with Crippen LogP contribution in [0, 0.1) is 0 Å². The number of anilines is 1. The van der Waals surface area contributed by atoms with E-state index in [4.69, 9.17) is 16.3 Å². The van der Waals surface area contributed by atoms with Gasteiger partial charge in [0, 0.05) is 32.2 Å². The summed E-state index contributed by atoms with van der Waals surface area (Å²) in [6.45, 7) is 5.40. The average Bonchev–Trinajstić information content (AvgIpc) is 2.82. The van der Waals surface area contributed by atoms with Gasteiger partial charge >= 0.3 is 0 Å². The Balaban J connectivity index is 1.67. The van der Waals surface area contributed by atoms with Crippen LogP contribution in [0.4, 0.5) is 5.82 Å². The number of aromatic nitrogens is 3. The molecule has 0 radical (unpaired) electrons. The van der Waals surface area contributed by atoms with E-state index in [-0.39, 0.29) is 0 Å². The van der Waals surface area contributed by atoms with Crippen molar-refractivity contribution in [1.82, 2.24) is 19.5 Å². The maximum absolute atomic E-state index is 6.04. The van der Waals surface area contributed by atoms with Crippen molar-refractivity contribution in [2.75, 3.05) is 44.7 Å². The molecule has 1 aliphatic rings. The molecular weight excluding hydrogens is 346 g/mol. The highest BCUT2D eigenvalue weighted by atomic mass is 79.9. The summed E-state index contributed by atoms with van der Waals surface area (Å²) in [7, 11) is 0. The summed E-state index contributed by atoms with van der Waals surface area (Å²) in [6.07, 6.45) is 1.71. The summed E-state index contributed by atoms with van der Waals surface area (Å²) in [5.74, 6) is 0.846. The normalized spacial score (nSPS) is 16.7. The standard InChI is InChI=1S/C12H15BrClN5O/c13-9-8-16-19-11(7-10(14)17-12(9)19)15-1-2-18-3-5-20-6-4-18/h7-8,15H,1-6H2. The molecule has 1 fully saturated rings. The Morgan fingerprint density at radius 1 is 1.40 bits per heavy atom. The highest BCUT2D eigenvalue weighted by molar-refractivity contribution is 9.10. The fourth-order valence-electron chi connectivity index (χ4n) is 2.20. The smallest absolute Gasteiger partial charge is 0.173 e. The summed E-state index contributed by atoms with van der Waals surface area (Å²) in [5.41, 5.74) is 0.714. The van der Waals surface area contributed by atoms with Gasteiger partial charge in [-0.25, -0.2) is 4.98 Å². The largest absolute Gasteiger partial charge is 0.379 e. The fourth-order valence-corrected chi connectivity index (χ4v) is 2.73. The lowest BCUT2D eigenvalue weighted by atomic mass is 10.4. The maximum atomic E-state index is 6.04. The summed E-state index contributed by atoms with van der Waals surface area (Å²) in [4.78, 5) is 6.62. The Bertz CT molecular complexity index is 599. The minimum atomic E-state index is 0.451. The van der Waals surface area contributed by atoms with Crippen molar-refractivity contribution >= 4 is 39.0 Å². The Labute approximate surface area is 130 Å². The van der Waals surface area contributed by atoms with Gasteiger partial charge in [-0.15, -0.1) is 0 Å². The second kappa shape index (κ2) is 6.26. The molecule has 2 aromatic heterocycles. The molecule has 0 aromatic carbocycles. The SMILES string of the molecule is Clc1cc(NCCN2CCOCC2)n2ncc(Br)c2n1. The quantitative estimate of drug-likeness (QED) is 0.844. The van der Waals surface area contributed by atoms with E-state index in [2.05, 4.69) is 36.2 Å². The van der Waals surface area contributed by atoms with Crippen LogP contribution in [-0.2, 0) is 4.74 Å². The van der Waals surface area contributed by atoms with E-state index in [0.717, 1.165) is 49.7 Å². The molecule has 1 saturated heterocycles. The lowest BCUT2D eigenvalue weighted by molar-refractivity contribution is 0.0398. The average molecular weight is 361 g/mol. The molecule has 1 aliphatic heterocycles. The Morgan fingerprint density at radius 2 is 2.20 bits per heavy atom. The molecule has 0 spiro atoms. The van der Waals surface area contributed by atoms with E-state index in [0.29, 0.717) is 10.8 Å². The van der Waals surface area contributed by atoms with E-state index >= 15 is 0 Å². The number of fused-ring (bicyclic) bond motifs is 1. The maximum Gasteiger partial charge on any atom is 0.173 e. The molecule has 108 valence electrons. The molecule has 0 atom stereocenters. The van der Waals surface area contributed by atoms with Crippen molar-refractivity contribution in [3.05, 3.63) is 21.9 Å². The highest BCUT2D eigenvalue weighted by Gasteiger charge is 2.11. The number of nitrogens with one attached hydrogen (secondary N) is 1. The third-order valence-corrected chi connectivity index (χ3v) is 3.99. The molecule has 20 heavy (non-hydrogen) atoms. The molecule has 0 bridgehead atoms. The van der Waals surface area contributed by atoms with Crippen LogP contribution in [0.15, 0.2) is 16.7 Å². The first kappa shape index (κ1) is 14.1. The zero-order chi connectivity index (χ0) is 13.9. The minimum absolute atomic E-state index is 0.451. The lowest BCUT2D eigenvalue weighted by Gasteiger charge is -2.26. The topological polar surface area (TPSA) is 54.7 Å². The number of halogens is 2. The number of nitrogens with zero attached hydrogens (tertiary/aromatic N) is 4. The lowest BCUT2D eigenvalue weighted by Crippen LogP contribution is -2.39. The number of hydrogen-bond acceptors (Lipinski definition) is 5. The third kappa shape index (κ3) is 3.06. The van der Waals surface area contributed by atoms with Crippen LogP contribution in [0.25, 0.3) is 5.65 Å². The van der Waals surface area contributed by atoms with Crippen LogP contribution in [-0.4, -0.2) is 58.9 Å². The van der Waals surface area contributed by atoms with Crippen molar-refractivity contribution in [3.8, 4) is 0 Å². The Morgan fingerprint density at radius 3 is 3.00 bits per heavy atom. The summed E-state index contributed by atoms with van der Waals surface area (Å²) in [6, 6.07) is 1.79. The monoisotopic (exact) mass is 359 g/mol. The van der Waals surface area contributed by atoms with E-state index in [1.165, 1.54) is 0 Å². The molecule has 2 aromatic rings. The van der Waals surface area contributed by atoms with Crippen molar-refractivity contribution in [2.45, 2.75) is 0 Å². The molecule has 6 nitrogen and oxygen atoms in total. The van der Waals surface area contributed by atoms with Crippen LogP contribution >= 0.6 is 27.5 Å². The van der Waals surface area contributed by atoms with Gasteiger partial charge in [0.05, 0.1) is 23.9 Å². The van der Waals surface area contributed by atoms with Crippen molar-refractivity contribution in [1.29, 1.82) is 0 Å². The van der Waals surface area contributed by atoms with Gasteiger partial charge in [0.25, 0.3) is 0 Å². The van der Waals surface area contributed by atoms with Gasteiger partial charge in [-0.3, -0.25) is 4.90 Å². The van der Waals surface area contributed by atoms with Crippen LogP contribution in [0.5, 0.6) is 0 Å². The zero-order valence-corrected chi connectivity index (χ0v) is 13.2. The van der Waals surface area contributed by atoms with Crippen molar-refractivity contribution in [2.24, 2.45) is 0 Å². The second-order valence-corrected chi connectivity index (χ2v) is 5.81. The highest BCUT2D eigenvalue weighted by Crippen LogP contribution is 2.22. The molecule has 3 heterocycles. The van der Waals surface area contributed by atoms with Gasteiger partial charge in [-0.1, -0.05) is 11.6 Å². The summed E-state index contributed by atoms with van der Waals surface area (Å²) >= 11 is 9.45. The molecule has 1 N–H and O–H groups in total. The van der Waals surface area contributed by atoms with Gasteiger partial charge in [0.15, 0.2) is 5.65 Å². The predicted molar refractivity (Wildman–Crippen MR) is 81.4 cm³/mol. The van der Waals surface area contributed by atoms with E-state index in [1.54, 1.807) is 16.8 Å². The van der Waals surface area contributed by atoms with Gasteiger partial charge in [0.2, 0.25) is 0 Å². The van der Waals surface area contributed by atoms with Gasteiger partial charge in [-0.05, 0) is 15.9 Å². The molecule has 0 saturated carbocycles. The Kier molecular flexibility index (Phi) is 4.40. The first-order valence-electron chi connectivity index (χ1n) is 6.48. The Hall–Kier alpha value is -0.890. The third-order valence-electron chi connectivity index (χ3n) is 3.24. The molecule has 0 amide bonds. The second-order valence-electron chi connectivity index (χ2n) is 4.57. The van der Waals surface area contributed by atoms with Crippen LogP contribution < -0.4 is 5.32 Å². The zero-order valence-electron chi connectivity index (χ0n) is 10.9. The number of rotatable bonds is 4. The number of hydrogen-bond donors (Lipinski definition) is 1. The van der Waals surface area contributed by atoms with Gasteiger partial charge in [0.1, 0.15) is 11.0 Å². The molecular formula is C12H15BrClN5O. The van der Waals surface area contributed by atoms with E-state index in [9.17, 15) is 0 Å². The van der Waals surface area contributed by atoms with E-state index in [1.807, 2.05) is 0 Å². The first-order valence-corrected chi connectivity index (χ1v) is 7.65. The van der Waals surface area contributed by atoms with E-state index < -0.39 is 0 Å². The molecule has 8 heteroatoms. The minimum Gasteiger partial charge on any atom is -0.379 e. The molecule has 0 aliphatic carbocycles.